The molecule has 1 spiro atoms. The molecular formula is C28H40N4O9S. The Morgan fingerprint density at radius 1 is 1.14 bits per heavy atom. The molecule has 3 fully saturated rings. The number of rotatable bonds is 12. The molecule has 13 nitrogen and oxygen atoms in total. The molecule has 2 heterocycles. The molecule has 4 rings (SSSR count). The average Bonchev–Trinajstić information content (AvgIpc) is 3.27. The van der Waals surface area contributed by atoms with Crippen molar-refractivity contribution in [2.24, 2.45) is 17.3 Å². The summed E-state index contributed by atoms with van der Waals surface area (Å²) in [6, 6.07) is 6.92. The number of carbonyl (C=O) groups is 4. The van der Waals surface area contributed by atoms with E-state index in [1.165, 1.54) is 0 Å². The van der Waals surface area contributed by atoms with E-state index in [-0.39, 0.29) is 42.1 Å². The van der Waals surface area contributed by atoms with E-state index in [9.17, 15) is 37.3 Å². The molecule has 232 valence electrons. The highest BCUT2D eigenvalue weighted by Gasteiger charge is 2.55. The standard InChI is InChI=1S/C28H40N4O9S/c1-17(2)10-21(25(35)30-22(26(36)42(38,39)40)12-19-8-9-29-24(19)34)31-27(37)41-20-13-28(14-20)15-32(16-28)23(33)11-18-6-4-3-5-7-18/h3-7,17,19-22,26,36H,8-16H2,1-2H3,(H,29,34)(H,30,35)(H,31,37)(H,38,39,40)/t19-,21+,22+,26?/m1/s1. The fraction of sp³-hybridized carbons (Fsp3) is 0.643. The second-order valence-electron chi connectivity index (χ2n) is 12.2. The Kier molecular flexibility index (Phi) is 9.78. The number of alkyl carbamates (subject to hydrolysis) is 1. The number of aliphatic hydroxyl groups excluding tert-OH is 1. The van der Waals surface area contributed by atoms with Crippen LogP contribution in [-0.2, 0) is 35.7 Å². The number of nitrogens with zero attached hydrogens (tertiary/aromatic N) is 1. The quantitative estimate of drug-likeness (QED) is 0.211. The van der Waals surface area contributed by atoms with Gasteiger partial charge in [-0.3, -0.25) is 18.9 Å². The number of ether oxygens (including phenoxy) is 1. The molecule has 4 atom stereocenters. The van der Waals surface area contributed by atoms with Gasteiger partial charge in [0.05, 0.1) is 12.5 Å². The van der Waals surface area contributed by atoms with Gasteiger partial charge in [0.2, 0.25) is 23.2 Å². The zero-order chi connectivity index (χ0) is 30.7. The van der Waals surface area contributed by atoms with Gasteiger partial charge in [-0.1, -0.05) is 44.2 Å². The summed E-state index contributed by atoms with van der Waals surface area (Å²) in [4.78, 5) is 52.3. The maximum Gasteiger partial charge on any atom is 0.408 e. The molecule has 4 amide bonds. The van der Waals surface area contributed by atoms with E-state index in [0.29, 0.717) is 45.3 Å². The molecule has 0 radical (unpaired) electrons. The predicted molar refractivity (Wildman–Crippen MR) is 150 cm³/mol. The molecule has 1 aromatic rings. The van der Waals surface area contributed by atoms with Gasteiger partial charge in [-0.25, -0.2) is 4.79 Å². The van der Waals surface area contributed by atoms with Gasteiger partial charge in [0.1, 0.15) is 12.1 Å². The zero-order valence-electron chi connectivity index (χ0n) is 23.8. The third kappa shape index (κ3) is 7.98. The molecule has 1 saturated carbocycles. The molecule has 14 heteroatoms. The number of hydrogen-bond acceptors (Lipinski definition) is 8. The molecule has 3 aliphatic rings. The van der Waals surface area contributed by atoms with Crippen molar-refractivity contribution < 1.29 is 42.0 Å². The smallest absolute Gasteiger partial charge is 0.408 e. The maximum atomic E-state index is 13.2. The van der Waals surface area contributed by atoms with Gasteiger partial charge in [0, 0.05) is 31.0 Å². The number of nitrogens with one attached hydrogen (secondary N) is 3. The van der Waals surface area contributed by atoms with Crippen molar-refractivity contribution in [3.8, 4) is 0 Å². The Labute approximate surface area is 245 Å². The van der Waals surface area contributed by atoms with Crippen molar-refractivity contribution in [3.63, 3.8) is 0 Å². The first kappa shape index (κ1) is 31.7. The van der Waals surface area contributed by atoms with E-state index in [2.05, 4.69) is 16.0 Å². The Morgan fingerprint density at radius 2 is 1.81 bits per heavy atom. The first-order valence-electron chi connectivity index (χ1n) is 14.3. The van der Waals surface area contributed by atoms with E-state index in [4.69, 9.17) is 4.74 Å². The first-order valence-corrected chi connectivity index (χ1v) is 15.8. The summed E-state index contributed by atoms with van der Waals surface area (Å²) < 4.78 is 38.3. The summed E-state index contributed by atoms with van der Waals surface area (Å²) in [6.45, 7) is 5.25. The van der Waals surface area contributed by atoms with Crippen molar-refractivity contribution in [1.82, 2.24) is 20.9 Å². The Morgan fingerprint density at radius 3 is 2.38 bits per heavy atom. The lowest BCUT2D eigenvalue weighted by Gasteiger charge is -2.58. The van der Waals surface area contributed by atoms with Crippen LogP contribution in [0.5, 0.6) is 0 Å². The predicted octanol–water partition coefficient (Wildman–Crippen LogP) is 0.578. The summed E-state index contributed by atoms with van der Waals surface area (Å²) in [6.07, 6.45) is 0.715. The zero-order valence-corrected chi connectivity index (χ0v) is 24.6. The van der Waals surface area contributed by atoms with Crippen LogP contribution in [0.4, 0.5) is 4.79 Å². The maximum absolute atomic E-state index is 13.2. The number of aliphatic hydroxyl groups is 1. The monoisotopic (exact) mass is 608 g/mol. The Bertz CT molecular complexity index is 1260. The molecule has 0 bridgehead atoms. The Hall–Kier alpha value is -3.23. The van der Waals surface area contributed by atoms with Crippen LogP contribution in [0.2, 0.25) is 0 Å². The number of amides is 4. The average molecular weight is 609 g/mol. The summed E-state index contributed by atoms with van der Waals surface area (Å²) in [5, 5.41) is 17.8. The normalized spacial score (nSPS) is 22.0. The summed E-state index contributed by atoms with van der Waals surface area (Å²) in [7, 11) is -4.95. The highest BCUT2D eigenvalue weighted by Crippen LogP contribution is 2.49. The van der Waals surface area contributed by atoms with E-state index in [1.807, 2.05) is 44.2 Å². The topological polar surface area (TPSA) is 191 Å². The van der Waals surface area contributed by atoms with Crippen LogP contribution < -0.4 is 16.0 Å². The van der Waals surface area contributed by atoms with Gasteiger partial charge < -0.3 is 30.7 Å². The minimum absolute atomic E-state index is 0.0482. The van der Waals surface area contributed by atoms with Crippen LogP contribution in [0, 0.1) is 17.3 Å². The van der Waals surface area contributed by atoms with Crippen molar-refractivity contribution in [2.45, 2.75) is 76.0 Å². The fourth-order valence-corrected chi connectivity index (χ4v) is 6.61. The molecule has 1 unspecified atom stereocenters. The van der Waals surface area contributed by atoms with E-state index in [0.717, 1.165) is 5.56 Å². The molecule has 42 heavy (non-hydrogen) atoms. The van der Waals surface area contributed by atoms with Gasteiger partial charge in [0.25, 0.3) is 10.1 Å². The molecule has 1 aliphatic carbocycles. The molecular weight excluding hydrogens is 568 g/mol. The third-order valence-electron chi connectivity index (χ3n) is 8.19. The number of likely N-dealkylation sites (tertiary alicyclic amines) is 1. The first-order chi connectivity index (χ1) is 19.7. The van der Waals surface area contributed by atoms with Crippen LogP contribution in [0.15, 0.2) is 30.3 Å². The summed E-state index contributed by atoms with van der Waals surface area (Å²) in [5.41, 5.74) is -1.47. The SMILES string of the molecule is CC(C)C[C@H](NC(=O)OC1CC2(C1)CN(C(=O)Cc1ccccc1)C2)C(=O)N[C@@H](C[C@H]1CCNC1=O)C(O)S(=O)(=O)O. The third-order valence-corrected chi connectivity index (χ3v) is 9.13. The number of carbonyl (C=O) groups excluding carboxylic acids is 4. The van der Waals surface area contributed by atoms with Crippen LogP contribution >= 0.6 is 0 Å². The van der Waals surface area contributed by atoms with Gasteiger partial charge in [0.15, 0.2) is 0 Å². The van der Waals surface area contributed by atoms with Crippen LogP contribution in [0.25, 0.3) is 0 Å². The molecule has 0 aromatic heterocycles. The molecule has 1 aromatic carbocycles. The largest absolute Gasteiger partial charge is 0.446 e. The molecule has 2 saturated heterocycles. The fourth-order valence-electron chi connectivity index (χ4n) is 6.01. The lowest BCUT2D eigenvalue weighted by molar-refractivity contribution is -0.162. The van der Waals surface area contributed by atoms with Crippen LogP contribution in [-0.4, -0.2) is 90.0 Å². The van der Waals surface area contributed by atoms with Crippen molar-refractivity contribution in [3.05, 3.63) is 35.9 Å². The molecule has 2 aliphatic heterocycles. The van der Waals surface area contributed by atoms with Crippen molar-refractivity contribution in [2.75, 3.05) is 19.6 Å². The number of benzene rings is 1. The Balaban J connectivity index is 1.27. The highest BCUT2D eigenvalue weighted by atomic mass is 32.2. The van der Waals surface area contributed by atoms with E-state index < -0.39 is 45.6 Å². The highest BCUT2D eigenvalue weighted by molar-refractivity contribution is 7.86. The lowest BCUT2D eigenvalue weighted by atomic mass is 9.61. The van der Waals surface area contributed by atoms with Gasteiger partial charge in [-0.15, -0.1) is 0 Å². The van der Waals surface area contributed by atoms with Gasteiger partial charge >= 0.3 is 6.09 Å². The number of hydrogen-bond donors (Lipinski definition) is 5. The molecule has 5 N–H and O–H groups in total. The minimum Gasteiger partial charge on any atom is -0.446 e. The van der Waals surface area contributed by atoms with Crippen molar-refractivity contribution in [1.29, 1.82) is 0 Å². The van der Waals surface area contributed by atoms with Crippen LogP contribution in [0.3, 0.4) is 0 Å². The van der Waals surface area contributed by atoms with E-state index >= 15 is 0 Å². The van der Waals surface area contributed by atoms with Crippen LogP contribution in [0.1, 0.15) is 51.5 Å². The summed E-state index contributed by atoms with van der Waals surface area (Å²) in [5.74, 6) is -1.76. The van der Waals surface area contributed by atoms with E-state index in [1.54, 1.807) is 4.90 Å². The van der Waals surface area contributed by atoms with Crippen molar-refractivity contribution >= 4 is 33.9 Å². The minimum atomic E-state index is -4.95. The van der Waals surface area contributed by atoms with Gasteiger partial charge in [-0.2, -0.15) is 8.42 Å². The second kappa shape index (κ2) is 13.0. The van der Waals surface area contributed by atoms with Gasteiger partial charge in [-0.05, 0) is 43.6 Å². The second-order valence-corrected chi connectivity index (χ2v) is 13.7. The lowest BCUT2D eigenvalue weighted by Crippen LogP contribution is -2.66. The summed E-state index contributed by atoms with van der Waals surface area (Å²) >= 11 is 0.